The molecule has 43 heavy (non-hydrogen) atoms. The maximum absolute atomic E-state index is 13.8. The molecule has 7 rings (SSSR count). The molecule has 0 aliphatic carbocycles. The first-order valence-corrected chi connectivity index (χ1v) is 15.7. The molecule has 4 heterocycles. The van der Waals surface area contributed by atoms with Crippen molar-refractivity contribution in [3.63, 3.8) is 0 Å². The highest BCUT2D eigenvalue weighted by Gasteiger charge is 2.31. The molecule has 0 atom stereocenters. The fourth-order valence-corrected chi connectivity index (χ4v) is 7.43. The zero-order valence-electron chi connectivity index (χ0n) is 23.7. The normalized spacial score (nSPS) is 14.9. The average Bonchev–Trinajstić information content (AvgIpc) is 3.38. The Kier molecular flexibility index (Phi) is 7.01. The first-order chi connectivity index (χ1) is 20.9. The molecule has 9 heteroatoms. The summed E-state index contributed by atoms with van der Waals surface area (Å²) in [4.78, 5) is 11.8. The molecule has 1 fully saturated rings. The number of benzene rings is 3. The molecule has 0 amide bonds. The minimum absolute atomic E-state index is 0.239. The Hall–Kier alpha value is -4.44. The smallest absolute Gasteiger partial charge is 0.245 e. The molecule has 1 saturated heterocycles. The summed E-state index contributed by atoms with van der Waals surface area (Å²) in [5, 5.41) is 0.799. The molecular weight excluding hydrogens is 561 g/mol. The van der Waals surface area contributed by atoms with Crippen molar-refractivity contribution in [1.82, 2.24) is 23.6 Å². The molecule has 0 unspecified atom stereocenters. The van der Waals surface area contributed by atoms with E-state index >= 15 is 0 Å². The second-order valence-corrected chi connectivity index (χ2v) is 12.8. The Morgan fingerprint density at radius 1 is 0.814 bits per heavy atom. The van der Waals surface area contributed by atoms with Crippen LogP contribution in [0.25, 0.3) is 38.9 Å². The lowest BCUT2D eigenvalue weighted by Crippen LogP contribution is -2.48. The lowest BCUT2D eigenvalue weighted by Gasteiger charge is -2.34. The number of para-hydroxylation sites is 1. The highest BCUT2D eigenvalue weighted by atomic mass is 32.2. The molecule has 3 aromatic carbocycles. The van der Waals surface area contributed by atoms with Crippen LogP contribution in [0.3, 0.4) is 0 Å². The molecule has 0 saturated carbocycles. The number of halogens is 1. The van der Waals surface area contributed by atoms with Crippen LogP contribution in [0.2, 0.25) is 0 Å². The molecule has 6 aromatic rings. The fourth-order valence-electron chi connectivity index (χ4n) is 5.84. The van der Waals surface area contributed by atoms with Crippen molar-refractivity contribution >= 4 is 26.6 Å². The quantitative estimate of drug-likeness (QED) is 0.232. The van der Waals surface area contributed by atoms with Gasteiger partial charge < -0.3 is 4.40 Å². The summed E-state index contributed by atoms with van der Waals surface area (Å²) >= 11 is 0. The lowest BCUT2D eigenvalue weighted by molar-refractivity contribution is 0.180. The summed E-state index contributed by atoms with van der Waals surface area (Å²) in [5.41, 5.74) is 7.27. The standard InChI is InChI=1S/C34H30FN5O2S/c1-24-5-2-7-27(21-24)28-12-15-32-37-33(26-10-13-29(35)14-11-26)30(40(32)22-28)23-38-17-19-39(20-18-38)43(41,42)31-9-3-6-25-8-4-16-36-34(25)31/h2-16,21-22H,17-20,23H2,1H3. The van der Waals surface area contributed by atoms with Crippen molar-refractivity contribution in [3.05, 3.63) is 120 Å². The number of piperazine rings is 1. The van der Waals surface area contributed by atoms with Crippen LogP contribution in [0.4, 0.5) is 4.39 Å². The van der Waals surface area contributed by atoms with Crippen molar-refractivity contribution in [2.24, 2.45) is 0 Å². The first kappa shape index (κ1) is 27.4. The van der Waals surface area contributed by atoms with Gasteiger partial charge in [0.2, 0.25) is 10.0 Å². The lowest BCUT2D eigenvalue weighted by atomic mass is 10.1. The van der Waals surface area contributed by atoms with Crippen LogP contribution in [0.1, 0.15) is 11.3 Å². The maximum Gasteiger partial charge on any atom is 0.245 e. The highest BCUT2D eigenvalue weighted by molar-refractivity contribution is 7.89. The van der Waals surface area contributed by atoms with Gasteiger partial charge in [0.15, 0.2) is 0 Å². The van der Waals surface area contributed by atoms with E-state index in [2.05, 4.69) is 57.7 Å². The maximum atomic E-state index is 13.8. The average molecular weight is 592 g/mol. The van der Waals surface area contributed by atoms with E-state index in [1.165, 1.54) is 17.7 Å². The Bertz CT molecular complexity index is 2060. The third kappa shape index (κ3) is 5.20. The zero-order valence-corrected chi connectivity index (χ0v) is 24.5. The van der Waals surface area contributed by atoms with Crippen LogP contribution in [-0.4, -0.2) is 58.2 Å². The molecule has 0 radical (unpaired) electrons. The van der Waals surface area contributed by atoms with Crippen molar-refractivity contribution in [2.45, 2.75) is 18.4 Å². The van der Waals surface area contributed by atoms with Crippen LogP contribution in [0.5, 0.6) is 0 Å². The van der Waals surface area contributed by atoms with E-state index in [0.717, 1.165) is 39.1 Å². The summed E-state index contributed by atoms with van der Waals surface area (Å²) in [5.74, 6) is -0.297. The van der Waals surface area contributed by atoms with Gasteiger partial charge in [0.05, 0.1) is 16.9 Å². The van der Waals surface area contributed by atoms with Crippen LogP contribution >= 0.6 is 0 Å². The van der Waals surface area contributed by atoms with E-state index in [1.807, 2.05) is 24.3 Å². The molecule has 216 valence electrons. The molecule has 1 aliphatic rings. The van der Waals surface area contributed by atoms with Crippen LogP contribution in [0, 0.1) is 12.7 Å². The number of hydrogen-bond acceptors (Lipinski definition) is 5. The topological polar surface area (TPSA) is 70.8 Å². The van der Waals surface area contributed by atoms with Gasteiger partial charge in [-0.1, -0.05) is 48.0 Å². The number of fused-ring (bicyclic) bond motifs is 2. The van der Waals surface area contributed by atoms with Gasteiger partial charge in [-0.3, -0.25) is 9.88 Å². The number of hydrogen-bond donors (Lipinski definition) is 0. The third-order valence-electron chi connectivity index (χ3n) is 8.10. The second kappa shape index (κ2) is 11.0. The van der Waals surface area contributed by atoms with Gasteiger partial charge >= 0.3 is 0 Å². The van der Waals surface area contributed by atoms with Gasteiger partial charge in [-0.15, -0.1) is 0 Å². The molecule has 1 aliphatic heterocycles. The third-order valence-corrected chi connectivity index (χ3v) is 10.0. The van der Waals surface area contributed by atoms with E-state index in [1.54, 1.807) is 34.8 Å². The number of imidazole rings is 1. The van der Waals surface area contributed by atoms with Crippen LogP contribution < -0.4 is 0 Å². The largest absolute Gasteiger partial charge is 0.301 e. The Morgan fingerprint density at radius 2 is 1.56 bits per heavy atom. The predicted octanol–water partition coefficient (Wildman–Crippen LogP) is 6.17. The molecule has 0 N–H and O–H groups in total. The first-order valence-electron chi connectivity index (χ1n) is 14.3. The SMILES string of the molecule is Cc1cccc(-c2ccc3nc(-c4ccc(F)cc4)c(CN4CCN(S(=O)(=O)c5cccc6cccnc56)CC4)n3c2)c1. The minimum Gasteiger partial charge on any atom is -0.301 e. The summed E-state index contributed by atoms with van der Waals surface area (Å²) in [6.07, 6.45) is 3.73. The number of aryl methyl sites for hydroxylation is 1. The summed E-state index contributed by atoms with van der Waals surface area (Å²) in [6.45, 7) is 4.49. The Balaban J connectivity index is 1.20. The predicted molar refractivity (Wildman–Crippen MR) is 167 cm³/mol. The number of rotatable bonds is 6. The van der Waals surface area contributed by atoms with E-state index < -0.39 is 10.0 Å². The van der Waals surface area contributed by atoms with Crippen LogP contribution in [0.15, 0.2) is 108 Å². The molecular formula is C34H30FN5O2S. The minimum atomic E-state index is -3.71. The van der Waals surface area contributed by atoms with Crippen molar-refractivity contribution in [2.75, 3.05) is 26.2 Å². The summed E-state index contributed by atoms with van der Waals surface area (Å²) in [6, 6.07) is 27.8. The van der Waals surface area contributed by atoms with Gasteiger partial charge in [-0.05, 0) is 66.6 Å². The Morgan fingerprint density at radius 3 is 2.35 bits per heavy atom. The number of pyridine rings is 2. The molecule has 0 spiro atoms. The van der Waals surface area contributed by atoms with E-state index in [0.29, 0.717) is 38.2 Å². The highest BCUT2D eigenvalue weighted by Crippen LogP contribution is 2.30. The zero-order chi connectivity index (χ0) is 29.6. The van der Waals surface area contributed by atoms with Gasteiger partial charge in [0.1, 0.15) is 16.4 Å². The second-order valence-electron chi connectivity index (χ2n) is 10.9. The summed E-state index contributed by atoms with van der Waals surface area (Å²) < 4.78 is 44.8. The van der Waals surface area contributed by atoms with E-state index in [9.17, 15) is 12.8 Å². The Labute approximate surface area is 249 Å². The van der Waals surface area contributed by atoms with Crippen molar-refractivity contribution in [1.29, 1.82) is 0 Å². The number of sulfonamides is 1. The van der Waals surface area contributed by atoms with Gasteiger partial charge in [0, 0.05) is 56.1 Å². The molecule has 7 nitrogen and oxygen atoms in total. The fraction of sp³-hybridized carbons (Fsp3) is 0.176. The molecule has 3 aromatic heterocycles. The molecule has 0 bridgehead atoms. The van der Waals surface area contributed by atoms with Crippen molar-refractivity contribution in [3.8, 4) is 22.4 Å². The van der Waals surface area contributed by atoms with Crippen LogP contribution in [-0.2, 0) is 16.6 Å². The van der Waals surface area contributed by atoms with Crippen molar-refractivity contribution < 1.29 is 12.8 Å². The monoisotopic (exact) mass is 591 g/mol. The number of nitrogens with zero attached hydrogens (tertiary/aromatic N) is 5. The van der Waals surface area contributed by atoms with Gasteiger partial charge in [-0.2, -0.15) is 4.31 Å². The van der Waals surface area contributed by atoms with E-state index in [4.69, 9.17) is 4.98 Å². The van der Waals surface area contributed by atoms with Gasteiger partial charge in [0.25, 0.3) is 0 Å². The van der Waals surface area contributed by atoms with E-state index in [-0.39, 0.29) is 10.7 Å². The summed E-state index contributed by atoms with van der Waals surface area (Å²) in [7, 11) is -3.71. The number of aromatic nitrogens is 3. The van der Waals surface area contributed by atoms with Gasteiger partial charge in [-0.25, -0.2) is 17.8 Å².